The third-order valence-electron chi connectivity index (χ3n) is 3.89. The summed E-state index contributed by atoms with van der Waals surface area (Å²) in [5.41, 5.74) is 2.23. The van der Waals surface area contributed by atoms with E-state index in [0.29, 0.717) is 5.56 Å². The van der Waals surface area contributed by atoms with Gasteiger partial charge in [-0.2, -0.15) is 0 Å². The van der Waals surface area contributed by atoms with Gasteiger partial charge in [-0.1, -0.05) is 12.1 Å². The highest BCUT2D eigenvalue weighted by Crippen LogP contribution is 2.25. The molecule has 0 radical (unpaired) electrons. The van der Waals surface area contributed by atoms with Crippen LogP contribution in [-0.4, -0.2) is 59.1 Å². The zero-order chi connectivity index (χ0) is 15.5. The average molecular weight is 317 g/mol. The molecule has 0 amide bonds. The highest BCUT2D eigenvalue weighted by atomic mass is 32.1. The fourth-order valence-corrected chi connectivity index (χ4v) is 3.34. The van der Waals surface area contributed by atoms with Crippen molar-refractivity contribution in [3.8, 4) is 10.6 Å². The van der Waals surface area contributed by atoms with Crippen molar-refractivity contribution >= 4 is 17.3 Å². The van der Waals surface area contributed by atoms with Crippen molar-refractivity contribution in [2.75, 3.05) is 33.2 Å². The lowest BCUT2D eigenvalue weighted by Crippen LogP contribution is -2.43. The van der Waals surface area contributed by atoms with Crippen LogP contribution in [0.4, 0.5) is 0 Å². The number of piperazine rings is 1. The third kappa shape index (κ3) is 3.52. The van der Waals surface area contributed by atoms with Gasteiger partial charge in [0.05, 0.1) is 11.3 Å². The van der Waals surface area contributed by atoms with E-state index in [4.69, 9.17) is 5.11 Å². The van der Waals surface area contributed by atoms with Crippen molar-refractivity contribution in [1.29, 1.82) is 0 Å². The smallest absolute Gasteiger partial charge is 0.335 e. The number of aromatic carboxylic acids is 1. The normalized spacial score (nSPS) is 16.8. The van der Waals surface area contributed by atoms with Crippen LogP contribution in [0, 0.1) is 0 Å². The molecule has 116 valence electrons. The predicted octanol–water partition coefficient (Wildman–Crippen LogP) is 2.26. The average Bonchev–Trinajstić information content (AvgIpc) is 2.98. The quantitative estimate of drug-likeness (QED) is 0.937. The minimum absolute atomic E-state index is 0.299. The van der Waals surface area contributed by atoms with Gasteiger partial charge in [-0.25, -0.2) is 9.78 Å². The van der Waals surface area contributed by atoms with E-state index in [1.165, 1.54) is 0 Å². The fraction of sp³-hybridized carbons (Fsp3) is 0.375. The standard InChI is InChI=1S/C16H19N3O2S/c1-18-5-7-19(8-6-18)10-14-11-22-15(17-14)12-3-2-4-13(9-12)16(20)21/h2-4,9,11H,5-8,10H2,1H3,(H,20,21). The van der Waals surface area contributed by atoms with Gasteiger partial charge in [-0.3, -0.25) is 4.90 Å². The first kappa shape index (κ1) is 15.1. The van der Waals surface area contributed by atoms with E-state index in [1.807, 2.05) is 6.07 Å². The van der Waals surface area contributed by atoms with Gasteiger partial charge in [0.2, 0.25) is 0 Å². The Labute approximate surface area is 133 Å². The van der Waals surface area contributed by atoms with Crippen LogP contribution in [0.2, 0.25) is 0 Å². The number of thiazole rings is 1. The summed E-state index contributed by atoms with van der Waals surface area (Å²) in [5, 5.41) is 12.0. The number of aromatic nitrogens is 1. The van der Waals surface area contributed by atoms with E-state index in [1.54, 1.807) is 29.5 Å². The molecule has 1 aliphatic rings. The Morgan fingerprint density at radius 2 is 2.09 bits per heavy atom. The summed E-state index contributed by atoms with van der Waals surface area (Å²) in [6.07, 6.45) is 0. The molecule has 0 bridgehead atoms. The number of benzene rings is 1. The lowest BCUT2D eigenvalue weighted by atomic mass is 10.1. The third-order valence-corrected chi connectivity index (χ3v) is 4.83. The van der Waals surface area contributed by atoms with Gasteiger partial charge in [0.1, 0.15) is 5.01 Å². The molecule has 1 saturated heterocycles. The molecule has 0 spiro atoms. The second-order valence-corrected chi connectivity index (χ2v) is 6.47. The van der Waals surface area contributed by atoms with Gasteiger partial charge < -0.3 is 10.0 Å². The number of rotatable bonds is 4. The fourth-order valence-electron chi connectivity index (χ4n) is 2.53. The van der Waals surface area contributed by atoms with Crippen molar-refractivity contribution < 1.29 is 9.90 Å². The lowest BCUT2D eigenvalue weighted by Gasteiger charge is -2.31. The Balaban J connectivity index is 1.71. The number of carbonyl (C=O) groups is 1. The van der Waals surface area contributed by atoms with Crippen LogP contribution in [0.15, 0.2) is 29.6 Å². The molecule has 2 aromatic rings. The number of carboxylic acid groups (broad SMARTS) is 1. The van der Waals surface area contributed by atoms with Crippen molar-refractivity contribution in [2.45, 2.75) is 6.54 Å². The molecule has 1 aromatic heterocycles. The zero-order valence-electron chi connectivity index (χ0n) is 12.5. The van der Waals surface area contributed by atoms with E-state index in [9.17, 15) is 4.79 Å². The summed E-state index contributed by atoms with van der Waals surface area (Å²) in [6.45, 7) is 5.19. The summed E-state index contributed by atoms with van der Waals surface area (Å²) in [5.74, 6) is -0.906. The van der Waals surface area contributed by atoms with Crippen LogP contribution < -0.4 is 0 Å². The topological polar surface area (TPSA) is 56.7 Å². The van der Waals surface area contributed by atoms with Gasteiger partial charge in [-0.15, -0.1) is 11.3 Å². The molecule has 1 fully saturated rings. The highest BCUT2D eigenvalue weighted by Gasteiger charge is 2.15. The Kier molecular flexibility index (Phi) is 4.52. The predicted molar refractivity (Wildman–Crippen MR) is 87.3 cm³/mol. The Bertz CT molecular complexity index is 663. The van der Waals surface area contributed by atoms with Crippen molar-refractivity contribution in [2.24, 2.45) is 0 Å². The van der Waals surface area contributed by atoms with Crippen LogP contribution in [0.25, 0.3) is 10.6 Å². The van der Waals surface area contributed by atoms with Crippen LogP contribution in [0.3, 0.4) is 0 Å². The van der Waals surface area contributed by atoms with E-state index in [0.717, 1.165) is 49.0 Å². The molecule has 0 aliphatic carbocycles. The Hall–Kier alpha value is -1.76. The molecule has 3 rings (SSSR count). The monoisotopic (exact) mass is 317 g/mol. The van der Waals surface area contributed by atoms with E-state index in [-0.39, 0.29) is 0 Å². The summed E-state index contributed by atoms with van der Waals surface area (Å²) >= 11 is 1.57. The van der Waals surface area contributed by atoms with E-state index < -0.39 is 5.97 Å². The van der Waals surface area contributed by atoms with Crippen molar-refractivity contribution in [1.82, 2.24) is 14.8 Å². The number of carboxylic acids is 1. The summed E-state index contributed by atoms with van der Waals surface area (Å²) < 4.78 is 0. The molecule has 6 heteroatoms. The Morgan fingerprint density at radius 3 is 2.82 bits per heavy atom. The highest BCUT2D eigenvalue weighted by molar-refractivity contribution is 7.13. The second-order valence-electron chi connectivity index (χ2n) is 5.61. The summed E-state index contributed by atoms with van der Waals surface area (Å²) in [4.78, 5) is 20.5. The van der Waals surface area contributed by atoms with Crippen LogP contribution >= 0.6 is 11.3 Å². The number of hydrogen-bond donors (Lipinski definition) is 1. The minimum Gasteiger partial charge on any atom is -0.478 e. The molecule has 0 unspecified atom stereocenters. The molecule has 5 nitrogen and oxygen atoms in total. The first-order valence-electron chi connectivity index (χ1n) is 7.31. The summed E-state index contributed by atoms with van der Waals surface area (Å²) in [7, 11) is 2.15. The zero-order valence-corrected chi connectivity index (χ0v) is 13.3. The first-order chi connectivity index (χ1) is 10.6. The molecular formula is C16H19N3O2S. The molecule has 1 aliphatic heterocycles. The number of nitrogens with zero attached hydrogens (tertiary/aromatic N) is 3. The Morgan fingerprint density at radius 1 is 1.32 bits per heavy atom. The first-order valence-corrected chi connectivity index (χ1v) is 8.19. The van der Waals surface area contributed by atoms with Crippen LogP contribution in [0.5, 0.6) is 0 Å². The number of hydrogen-bond acceptors (Lipinski definition) is 5. The molecule has 0 saturated carbocycles. The maximum Gasteiger partial charge on any atom is 0.335 e. The van der Waals surface area contributed by atoms with E-state index in [2.05, 4.69) is 27.2 Å². The minimum atomic E-state index is -0.906. The van der Waals surface area contributed by atoms with Crippen molar-refractivity contribution in [3.63, 3.8) is 0 Å². The molecule has 1 aromatic carbocycles. The SMILES string of the molecule is CN1CCN(Cc2csc(-c3cccc(C(=O)O)c3)n2)CC1. The maximum absolute atomic E-state index is 11.1. The molecular weight excluding hydrogens is 298 g/mol. The van der Waals surface area contributed by atoms with Gasteiger partial charge in [0.25, 0.3) is 0 Å². The van der Waals surface area contributed by atoms with Crippen LogP contribution in [0.1, 0.15) is 16.1 Å². The van der Waals surface area contributed by atoms with Crippen molar-refractivity contribution in [3.05, 3.63) is 40.9 Å². The van der Waals surface area contributed by atoms with Gasteiger partial charge in [0, 0.05) is 43.7 Å². The van der Waals surface area contributed by atoms with Gasteiger partial charge in [0.15, 0.2) is 0 Å². The molecule has 2 heterocycles. The van der Waals surface area contributed by atoms with E-state index >= 15 is 0 Å². The van der Waals surface area contributed by atoms with Gasteiger partial charge in [-0.05, 0) is 19.2 Å². The largest absolute Gasteiger partial charge is 0.478 e. The molecule has 0 atom stereocenters. The number of likely N-dealkylation sites (N-methyl/N-ethyl adjacent to an activating group) is 1. The lowest BCUT2D eigenvalue weighted by molar-refractivity contribution is 0.0697. The van der Waals surface area contributed by atoms with Gasteiger partial charge >= 0.3 is 5.97 Å². The molecule has 1 N–H and O–H groups in total. The summed E-state index contributed by atoms with van der Waals surface area (Å²) in [6, 6.07) is 6.95. The maximum atomic E-state index is 11.1. The van der Waals surface area contributed by atoms with Crippen LogP contribution in [-0.2, 0) is 6.54 Å². The second kappa shape index (κ2) is 6.56. The molecule has 22 heavy (non-hydrogen) atoms.